The molecule has 1 saturated heterocycles. The number of urea groups is 1. The summed E-state index contributed by atoms with van der Waals surface area (Å²) < 4.78 is 49.1. The van der Waals surface area contributed by atoms with Crippen molar-refractivity contribution in [3.63, 3.8) is 0 Å². The van der Waals surface area contributed by atoms with E-state index in [-0.39, 0.29) is 31.6 Å². The fourth-order valence-electron chi connectivity index (χ4n) is 3.58. The minimum absolute atomic E-state index is 0.185. The van der Waals surface area contributed by atoms with E-state index in [0.717, 1.165) is 25.0 Å². The summed E-state index contributed by atoms with van der Waals surface area (Å²) in [6.07, 6.45) is -2.43. The van der Waals surface area contributed by atoms with E-state index in [9.17, 15) is 23.1 Å². The van der Waals surface area contributed by atoms with Gasteiger partial charge in [0.25, 0.3) is 5.89 Å². The normalized spacial score (nSPS) is 20.2. The molecule has 1 aliphatic carbocycles. The molecule has 1 aliphatic heterocycles. The summed E-state index contributed by atoms with van der Waals surface area (Å²) >= 11 is 0. The van der Waals surface area contributed by atoms with E-state index < -0.39 is 17.8 Å². The molecular formula is C21H25F3N4O4. The van der Waals surface area contributed by atoms with Gasteiger partial charge in [-0.15, -0.1) is 0 Å². The maximum Gasteiger partial charge on any atom is 0.416 e. The lowest BCUT2D eigenvalue weighted by Crippen LogP contribution is -2.48. The summed E-state index contributed by atoms with van der Waals surface area (Å²) in [4.78, 5) is 18.6. The molecule has 1 saturated carbocycles. The number of alkyl halides is 3. The number of hydrogen-bond donors (Lipinski definition) is 2. The summed E-state index contributed by atoms with van der Waals surface area (Å²) in [5.41, 5.74) is -0.0666. The summed E-state index contributed by atoms with van der Waals surface area (Å²) in [6, 6.07) is 4.50. The fraction of sp³-hybridized carbons (Fsp3) is 0.571. The lowest BCUT2D eigenvalue weighted by Gasteiger charge is -2.31. The van der Waals surface area contributed by atoms with Gasteiger partial charge in [0.15, 0.2) is 11.9 Å². The molecule has 4 rings (SSSR count). The summed E-state index contributed by atoms with van der Waals surface area (Å²) in [5, 5.41) is 16.4. The molecule has 0 radical (unpaired) electrons. The van der Waals surface area contributed by atoms with Crippen LogP contribution in [0.25, 0.3) is 0 Å². The molecule has 2 amide bonds. The van der Waals surface area contributed by atoms with Crippen molar-refractivity contribution in [1.29, 1.82) is 0 Å². The van der Waals surface area contributed by atoms with Crippen molar-refractivity contribution in [3.05, 3.63) is 47.1 Å². The Hall–Kier alpha value is -2.66. The standard InChI is InChI=1S/C21H25F3N4O4/c22-21(23,24)16-5-1-13(2-6-16)9-14(12-29)10-25-20(30)28-7-8-31-17(11-28)19-26-18(27-32-19)15-3-4-15/h1-2,5-6,14-15,17,29H,3-4,7-12H2,(H,25,30). The molecule has 2 aromatic rings. The van der Waals surface area contributed by atoms with Crippen LogP contribution < -0.4 is 5.32 Å². The van der Waals surface area contributed by atoms with E-state index in [1.54, 1.807) is 4.90 Å². The van der Waals surface area contributed by atoms with Crippen molar-refractivity contribution >= 4 is 6.03 Å². The Bertz CT molecular complexity index is 915. The number of amides is 2. The van der Waals surface area contributed by atoms with Gasteiger partial charge in [-0.2, -0.15) is 18.2 Å². The molecule has 1 aromatic carbocycles. The lowest BCUT2D eigenvalue weighted by molar-refractivity contribution is -0.137. The minimum Gasteiger partial charge on any atom is -0.396 e. The van der Waals surface area contributed by atoms with Crippen molar-refractivity contribution in [3.8, 4) is 0 Å². The predicted molar refractivity (Wildman–Crippen MR) is 106 cm³/mol. The van der Waals surface area contributed by atoms with Crippen LogP contribution in [0.1, 0.15) is 47.7 Å². The molecule has 2 unspecified atom stereocenters. The number of carbonyl (C=O) groups excluding carboxylic acids is 1. The van der Waals surface area contributed by atoms with Crippen LogP contribution in [-0.4, -0.2) is 59.0 Å². The van der Waals surface area contributed by atoms with Crippen molar-refractivity contribution in [2.45, 2.75) is 37.5 Å². The number of ether oxygens (including phenoxy) is 1. The van der Waals surface area contributed by atoms with E-state index >= 15 is 0 Å². The highest BCUT2D eigenvalue weighted by Crippen LogP contribution is 2.38. The van der Waals surface area contributed by atoms with Crippen LogP contribution in [0.5, 0.6) is 0 Å². The van der Waals surface area contributed by atoms with Gasteiger partial charge in [-0.3, -0.25) is 0 Å². The third-order valence-corrected chi connectivity index (χ3v) is 5.63. The molecule has 2 heterocycles. The van der Waals surface area contributed by atoms with E-state index in [4.69, 9.17) is 9.26 Å². The number of rotatable bonds is 7. The van der Waals surface area contributed by atoms with Crippen LogP contribution in [0, 0.1) is 5.92 Å². The second-order valence-corrected chi connectivity index (χ2v) is 8.20. The Morgan fingerprint density at radius 1 is 1.28 bits per heavy atom. The molecule has 8 nitrogen and oxygen atoms in total. The number of aliphatic hydroxyl groups excluding tert-OH is 1. The highest BCUT2D eigenvalue weighted by molar-refractivity contribution is 5.74. The van der Waals surface area contributed by atoms with Gasteiger partial charge in [0.1, 0.15) is 0 Å². The predicted octanol–water partition coefficient (Wildman–Crippen LogP) is 2.90. The van der Waals surface area contributed by atoms with Crippen LogP contribution in [0.2, 0.25) is 0 Å². The quantitative estimate of drug-likeness (QED) is 0.667. The first-order valence-electron chi connectivity index (χ1n) is 10.6. The number of aromatic nitrogens is 2. The Kier molecular flexibility index (Phi) is 6.66. The molecule has 2 aliphatic rings. The van der Waals surface area contributed by atoms with E-state index in [2.05, 4.69) is 15.5 Å². The van der Waals surface area contributed by atoms with E-state index in [1.807, 2.05) is 0 Å². The third kappa shape index (κ3) is 5.57. The molecule has 174 valence electrons. The summed E-state index contributed by atoms with van der Waals surface area (Å²) in [6.45, 7) is 0.966. The zero-order chi connectivity index (χ0) is 22.7. The average Bonchev–Trinajstić information content (AvgIpc) is 3.52. The van der Waals surface area contributed by atoms with Crippen LogP contribution in [0.3, 0.4) is 0 Å². The number of benzene rings is 1. The zero-order valence-corrected chi connectivity index (χ0v) is 17.3. The van der Waals surface area contributed by atoms with Gasteiger partial charge in [-0.05, 0) is 37.0 Å². The maximum absolute atomic E-state index is 12.7. The highest BCUT2D eigenvalue weighted by Gasteiger charge is 2.33. The topological polar surface area (TPSA) is 101 Å². The molecular weight excluding hydrogens is 429 g/mol. The second kappa shape index (κ2) is 9.45. The molecule has 32 heavy (non-hydrogen) atoms. The smallest absolute Gasteiger partial charge is 0.396 e. The Labute approximate surface area is 182 Å². The Morgan fingerprint density at radius 3 is 2.69 bits per heavy atom. The zero-order valence-electron chi connectivity index (χ0n) is 17.3. The van der Waals surface area contributed by atoms with Crippen LogP contribution in [-0.2, 0) is 17.3 Å². The van der Waals surface area contributed by atoms with Gasteiger partial charge in [0.05, 0.1) is 18.7 Å². The number of nitrogens with one attached hydrogen (secondary N) is 1. The highest BCUT2D eigenvalue weighted by atomic mass is 19.4. The van der Waals surface area contributed by atoms with Gasteiger partial charge in [-0.25, -0.2) is 4.79 Å². The first-order chi connectivity index (χ1) is 15.3. The first-order valence-corrected chi connectivity index (χ1v) is 10.6. The monoisotopic (exact) mass is 454 g/mol. The molecule has 1 aromatic heterocycles. The van der Waals surface area contributed by atoms with E-state index in [1.165, 1.54) is 12.1 Å². The molecule has 2 fully saturated rings. The fourth-order valence-corrected chi connectivity index (χ4v) is 3.58. The SMILES string of the molecule is O=C(NCC(CO)Cc1ccc(C(F)(F)F)cc1)N1CCOC(c2nc(C3CC3)no2)C1. The van der Waals surface area contributed by atoms with Gasteiger partial charge in [-0.1, -0.05) is 17.3 Å². The van der Waals surface area contributed by atoms with Gasteiger partial charge < -0.3 is 24.6 Å². The Balaban J connectivity index is 1.27. The maximum atomic E-state index is 12.7. The largest absolute Gasteiger partial charge is 0.416 e. The average molecular weight is 454 g/mol. The van der Waals surface area contributed by atoms with Crippen LogP contribution in [0.15, 0.2) is 28.8 Å². The number of carbonyl (C=O) groups is 1. The molecule has 0 spiro atoms. The molecule has 2 N–H and O–H groups in total. The van der Waals surface area contributed by atoms with Crippen molar-refractivity contribution in [2.24, 2.45) is 5.92 Å². The molecule has 2 atom stereocenters. The van der Waals surface area contributed by atoms with E-state index in [0.29, 0.717) is 42.8 Å². The van der Waals surface area contributed by atoms with Gasteiger partial charge in [0.2, 0.25) is 0 Å². The lowest BCUT2D eigenvalue weighted by atomic mass is 9.99. The summed E-state index contributed by atoms with van der Waals surface area (Å²) in [7, 11) is 0. The molecule has 0 bridgehead atoms. The second-order valence-electron chi connectivity index (χ2n) is 8.20. The minimum atomic E-state index is -4.39. The van der Waals surface area contributed by atoms with Gasteiger partial charge >= 0.3 is 12.2 Å². The van der Waals surface area contributed by atoms with Crippen LogP contribution in [0.4, 0.5) is 18.0 Å². The number of hydrogen-bond acceptors (Lipinski definition) is 6. The number of halogens is 3. The Morgan fingerprint density at radius 2 is 2.03 bits per heavy atom. The first kappa shape index (κ1) is 22.5. The van der Waals surface area contributed by atoms with Crippen LogP contribution >= 0.6 is 0 Å². The van der Waals surface area contributed by atoms with Crippen molar-refractivity contribution in [2.75, 3.05) is 32.8 Å². The number of aliphatic hydroxyl groups is 1. The van der Waals surface area contributed by atoms with Crippen molar-refractivity contribution < 1.29 is 32.3 Å². The number of nitrogens with zero attached hydrogens (tertiary/aromatic N) is 3. The summed E-state index contributed by atoms with van der Waals surface area (Å²) in [5.74, 6) is 1.07. The van der Waals surface area contributed by atoms with Crippen molar-refractivity contribution in [1.82, 2.24) is 20.4 Å². The third-order valence-electron chi connectivity index (χ3n) is 5.63. The molecule has 11 heteroatoms. The number of morpholine rings is 1. The van der Waals surface area contributed by atoms with Gasteiger partial charge in [0, 0.05) is 31.5 Å².